The monoisotopic (exact) mass is 416 g/mol. The highest BCUT2D eigenvalue weighted by atomic mass is 35.5. The van der Waals surface area contributed by atoms with Crippen LogP contribution in [0.3, 0.4) is 0 Å². The summed E-state index contributed by atoms with van der Waals surface area (Å²) in [6.45, 7) is 1.48. The van der Waals surface area contributed by atoms with E-state index < -0.39 is 22.0 Å². The van der Waals surface area contributed by atoms with Gasteiger partial charge in [-0.15, -0.1) is 0 Å². The molecule has 0 aliphatic carbocycles. The molecule has 0 saturated heterocycles. The third-order valence-corrected chi connectivity index (χ3v) is 5.23. The van der Waals surface area contributed by atoms with Crippen LogP contribution in [0, 0.1) is 0 Å². The minimum absolute atomic E-state index is 0.211. The van der Waals surface area contributed by atoms with E-state index >= 15 is 0 Å². The topological polar surface area (TPSA) is 75.7 Å². The average molecular weight is 417 g/mol. The van der Waals surface area contributed by atoms with E-state index in [4.69, 9.17) is 27.9 Å². The van der Waals surface area contributed by atoms with Crippen molar-refractivity contribution in [1.82, 2.24) is 0 Å². The molecule has 0 saturated carbocycles. The van der Waals surface area contributed by atoms with Crippen molar-refractivity contribution in [3.63, 3.8) is 0 Å². The Morgan fingerprint density at radius 3 is 2.12 bits per heavy atom. The fraction of sp³-hybridized carbons (Fsp3) is 0.235. The molecule has 1 amide bonds. The molecule has 140 valence electrons. The number of carbonyl (C=O) groups excluding carboxylic acids is 1. The molecule has 0 unspecified atom stereocenters. The molecule has 0 fully saturated rings. The molecule has 0 bridgehead atoms. The highest BCUT2D eigenvalue weighted by Crippen LogP contribution is 2.29. The predicted molar refractivity (Wildman–Crippen MR) is 105 cm³/mol. The van der Waals surface area contributed by atoms with Gasteiger partial charge in [-0.2, -0.15) is 0 Å². The minimum Gasteiger partial charge on any atom is -0.497 e. The highest BCUT2D eigenvalue weighted by Gasteiger charge is 2.29. The quantitative estimate of drug-likeness (QED) is 0.776. The average Bonchev–Trinajstić information content (AvgIpc) is 2.53. The van der Waals surface area contributed by atoms with Gasteiger partial charge in [0.2, 0.25) is 15.9 Å². The zero-order valence-corrected chi connectivity index (χ0v) is 16.7. The summed E-state index contributed by atoms with van der Waals surface area (Å²) in [6.07, 6.45) is 1.01. The second-order valence-electron chi connectivity index (χ2n) is 5.58. The molecule has 0 aromatic heterocycles. The number of halogens is 2. The first-order chi connectivity index (χ1) is 12.1. The van der Waals surface area contributed by atoms with Crippen molar-refractivity contribution >= 4 is 50.5 Å². The Morgan fingerprint density at radius 1 is 1.12 bits per heavy atom. The van der Waals surface area contributed by atoms with Crippen molar-refractivity contribution < 1.29 is 17.9 Å². The summed E-state index contributed by atoms with van der Waals surface area (Å²) in [4.78, 5) is 12.6. The maximum Gasteiger partial charge on any atom is 0.247 e. The molecule has 26 heavy (non-hydrogen) atoms. The SMILES string of the molecule is COc1ccc(NC(=O)[C@H](C)N(c2cc(Cl)cc(Cl)c2)S(C)(=O)=O)cc1. The standard InChI is InChI=1S/C17H18Cl2N2O4S/c1-11(17(22)20-14-4-6-16(25-2)7-5-14)21(26(3,23)24)15-9-12(18)8-13(19)10-15/h4-11H,1-3H3,(H,20,22)/t11-/m0/s1. The Morgan fingerprint density at radius 2 is 1.65 bits per heavy atom. The van der Waals surface area contributed by atoms with Crippen molar-refractivity contribution in [3.05, 3.63) is 52.5 Å². The summed E-state index contributed by atoms with van der Waals surface area (Å²) in [5.74, 6) is 0.138. The number of ether oxygens (including phenoxy) is 1. The number of carbonyl (C=O) groups is 1. The summed E-state index contributed by atoms with van der Waals surface area (Å²) < 4.78 is 30.6. The van der Waals surface area contributed by atoms with Gasteiger partial charge >= 0.3 is 0 Å². The molecule has 9 heteroatoms. The van der Waals surface area contributed by atoms with Crippen LogP contribution in [0.4, 0.5) is 11.4 Å². The molecule has 2 aromatic rings. The van der Waals surface area contributed by atoms with Crippen molar-refractivity contribution in [2.45, 2.75) is 13.0 Å². The summed E-state index contributed by atoms with van der Waals surface area (Å²) in [5, 5.41) is 3.21. The molecule has 0 aliphatic rings. The summed E-state index contributed by atoms with van der Waals surface area (Å²) >= 11 is 11.9. The van der Waals surface area contributed by atoms with Crippen LogP contribution in [0.2, 0.25) is 10.0 Å². The number of sulfonamides is 1. The lowest BCUT2D eigenvalue weighted by atomic mass is 10.2. The number of anilines is 2. The number of benzene rings is 2. The lowest BCUT2D eigenvalue weighted by molar-refractivity contribution is -0.116. The minimum atomic E-state index is -3.76. The molecule has 1 N–H and O–H groups in total. The molecule has 2 rings (SSSR count). The molecule has 0 radical (unpaired) electrons. The van der Waals surface area contributed by atoms with Crippen LogP contribution in [0.5, 0.6) is 5.75 Å². The number of rotatable bonds is 6. The highest BCUT2D eigenvalue weighted by molar-refractivity contribution is 7.92. The zero-order chi connectivity index (χ0) is 19.5. The summed E-state index contributed by atoms with van der Waals surface area (Å²) in [5.41, 5.74) is 0.725. The van der Waals surface area contributed by atoms with E-state index in [-0.39, 0.29) is 15.7 Å². The molecule has 2 aromatic carbocycles. The van der Waals surface area contributed by atoms with Gasteiger partial charge in [-0.1, -0.05) is 23.2 Å². The smallest absolute Gasteiger partial charge is 0.247 e. The Balaban J connectivity index is 2.31. The van der Waals surface area contributed by atoms with E-state index in [0.29, 0.717) is 11.4 Å². The molecular formula is C17H18Cl2N2O4S. The fourth-order valence-corrected chi connectivity index (χ4v) is 4.07. The van der Waals surface area contributed by atoms with Gasteiger partial charge in [-0.25, -0.2) is 8.42 Å². The maximum absolute atomic E-state index is 12.6. The van der Waals surface area contributed by atoms with Crippen LogP contribution < -0.4 is 14.4 Å². The number of nitrogens with one attached hydrogen (secondary N) is 1. The van der Waals surface area contributed by atoms with Crippen molar-refractivity contribution in [2.24, 2.45) is 0 Å². The van der Waals surface area contributed by atoms with Gasteiger partial charge in [0.15, 0.2) is 0 Å². The van der Waals surface area contributed by atoms with Gasteiger partial charge in [-0.3, -0.25) is 9.10 Å². The van der Waals surface area contributed by atoms with Gasteiger partial charge in [0.1, 0.15) is 11.8 Å². The first-order valence-electron chi connectivity index (χ1n) is 7.52. The summed E-state index contributed by atoms with van der Waals surface area (Å²) in [7, 11) is -2.23. The lowest BCUT2D eigenvalue weighted by Gasteiger charge is -2.28. The van der Waals surface area contributed by atoms with E-state index in [1.54, 1.807) is 24.3 Å². The van der Waals surface area contributed by atoms with Crippen LogP contribution in [-0.2, 0) is 14.8 Å². The van der Waals surface area contributed by atoms with Crippen molar-refractivity contribution in [2.75, 3.05) is 23.0 Å². The second-order valence-corrected chi connectivity index (χ2v) is 8.31. The first kappa shape index (κ1) is 20.4. The number of methoxy groups -OCH3 is 1. The number of hydrogen-bond acceptors (Lipinski definition) is 4. The van der Waals surface area contributed by atoms with E-state index in [1.807, 2.05) is 0 Å². The van der Waals surface area contributed by atoms with Crippen molar-refractivity contribution in [1.29, 1.82) is 0 Å². The largest absolute Gasteiger partial charge is 0.497 e. The molecule has 6 nitrogen and oxygen atoms in total. The molecule has 0 spiro atoms. The maximum atomic E-state index is 12.6. The third-order valence-electron chi connectivity index (χ3n) is 3.55. The molecule has 0 aliphatic heterocycles. The number of amides is 1. The van der Waals surface area contributed by atoms with Crippen LogP contribution in [0.25, 0.3) is 0 Å². The summed E-state index contributed by atoms with van der Waals surface area (Å²) in [6, 6.07) is 10.0. The van der Waals surface area contributed by atoms with E-state index in [1.165, 1.54) is 32.2 Å². The van der Waals surface area contributed by atoms with Crippen molar-refractivity contribution in [3.8, 4) is 5.75 Å². The van der Waals surface area contributed by atoms with Gasteiger partial charge in [-0.05, 0) is 49.4 Å². The Hall–Kier alpha value is -1.96. The van der Waals surface area contributed by atoms with E-state index in [2.05, 4.69) is 5.32 Å². The lowest BCUT2D eigenvalue weighted by Crippen LogP contribution is -2.45. The van der Waals surface area contributed by atoms with E-state index in [9.17, 15) is 13.2 Å². The molecular weight excluding hydrogens is 399 g/mol. The van der Waals surface area contributed by atoms with Crippen LogP contribution in [-0.4, -0.2) is 33.7 Å². The Kier molecular flexibility index (Phi) is 6.39. The van der Waals surface area contributed by atoms with Gasteiger partial charge in [0, 0.05) is 15.7 Å². The first-order valence-corrected chi connectivity index (χ1v) is 10.1. The number of hydrogen-bond donors (Lipinski definition) is 1. The predicted octanol–water partition coefficient (Wildman–Crippen LogP) is 3.80. The third kappa shape index (κ3) is 5.03. The number of nitrogens with zero attached hydrogens (tertiary/aromatic N) is 1. The Bertz CT molecular complexity index is 881. The van der Waals surface area contributed by atoms with Gasteiger partial charge < -0.3 is 10.1 Å². The van der Waals surface area contributed by atoms with Crippen LogP contribution in [0.15, 0.2) is 42.5 Å². The van der Waals surface area contributed by atoms with Gasteiger partial charge in [0.05, 0.1) is 19.1 Å². The fourth-order valence-electron chi connectivity index (χ4n) is 2.40. The van der Waals surface area contributed by atoms with Gasteiger partial charge in [0.25, 0.3) is 0 Å². The van der Waals surface area contributed by atoms with Crippen LogP contribution >= 0.6 is 23.2 Å². The van der Waals surface area contributed by atoms with Crippen LogP contribution in [0.1, 0.15) is 6.92 Å². The zero-order valence-electron chi connectivity index (χ0n) is 14.4. The van der Waals surface area contributed by atoms with E-state index in [0.717, 1.165) is 10.6 Å². The normalized spacial score (nSPS) is 12.3. The second kappa shape index (κ2) is 8.16. The molecule has 0 heterocycles. The Labute approximate surface area is 162 Å². The molecule has 1 atom stereocenters.